The fraction of sp³-hybridized carbons (Fsp3) is 0.343. The van der Waals surface area contributed by atoms with Gasteiger partial charge in [-0.15, -0.1) is 13.3 Å². The molecule has 0 fully saturated rings. The number of rotatable bonds is 8. The maximum absolute atomic E-state index is 5.06. The molecule has 0 unspecified atom stereocenters. The van der Waals surface area contributed by atoms with Crippen molar-refractivity contribution in [3.05, 3.63) is 115 Å². The summed E-state index contributed by atoms with van der Waals surface area (Å²) in [6, 6.07) is 19.6. The van der Waals surface area contributed by atoms with E-state index in [1.165, 1.54) is 33.6 Å². The maximum atomic E-state index is 5.06. The fourth-order valence-electron chi connectivity index (χ4n) is 5.56. The minimum atomic E-state index is 0. The van der Waals surface area contributed by atoms with Gasteiger partial charge in [-0.1, -0.05) is 97.9 Å². The van der Waals surface area contributed by atoms with E-state index < -0.39 is 0 Å². The van der Waals surface area contributed by atoms with Crippen LogP contribution in [0, 0.1) is 13.3 Å². The van der Waals surface area contributed by atoms with Crippen molar-refractivity contribution in [2.75, 3.05) is 19.6 Å². The van der Waals surface area contributed by atoms with E-state index in [1.54, 1.807) is 0 Å². The van der Waals surface area contributed by atoms with Crippen LogP contribution in [0.3, 0.4) is 0 Å². The predicted molar refractivity (Wildman–Crippen MR) is 174 cm³/mol. The second-order valence-corrected chi connectivity index (χ2v) is 12.0. The van der Waals surface area contributed by atoms with Crippen LogP contribution in [-0.2, 0) is 17.1 Å². The Bertz CT molecular complexity index is 1250. The number of aromatic nitrogens is 1. The van der Waals surface area contributed by atoms with Gasteiger partial charge in [-0.25, -0.2) is 4.98 Å². The Balaban J connectivity index is 0.00000387. The summed E-state index contributed by atoms with van der Waals surface area (Å²) in [4.78, 5) is 13.8. The normalized spacial score (nSPS) is 14.9. The molecule has 221 valence electrons. The third-order valence-corrected chi connectivity index (χ3v) is 7.72. The molecule has 0 radical (unpaired) electrons. The van der Waals surface area contributed by atoms with Gasteiger partial charge in [0.15, 0.2) is 0 Å². The fourth-order valence-corrected chi connectivity index (χ4v) is 5.56. The molecule has 0 saturated heterocycles. The Morgan fingerprint density at radius 2 is 0.756 bits per heavy atom. The van der Waals surface area contributed by atoms with Gasteiger partial charge >= 0.3 is 17.1 Å². The molecule has 5 nitrogen and oxygen atoms in total. The number of para-hydroxylation sites is 2. The Kier molecular flexibility index (Phi) is 9.56. The molecule has 2 aromatic carbocycles. The van der Waals surface area contributed by atoms with Crippen LogP contribution in [-0.4, -0.2) is 4.98 Å². The van der Waals surface area contributed by atoms with Gasteiger partial charge in [0.25, 0.3) is 0 Å². The summed E-state index contributed by atoms with van der Waals surface area (Å²) in [5.74, 6) is 3.50. The summed E-state index contributed by atoms with van der Waals surface area (Å²) in [5, 5.41) is 0. The second-order valence-electron chi connectivity index (χ2n) is 12.0. The van der Waals surface area contributed by atoms with E-state index in [9.17, 15) is 0 Å². The molecular formula is C35H46FeN5-2. The van der Waals surface area contributed by atoms with Gasteiger partial charge in [-0.3, -0.25) is 0 Å². The molecule has 0 atom stereocenters. The molecule has 0 spiro atoms. The molecule has 3 aromatic rings. The Hall–Kier alpha value is -3.21. The first-order valence-electron chi connectivity index (χ1n) is 14.6. The van der Waals surface area contributed by atoms with E-state index in [2.05, 4.69) is 168 Å². The van der Waals surface area contributed by atoms with Crippen molar-refractivity contribution in [1.82, 2.24) is 4.98 Å². The Morgan fingerprint density at radius 3 is 1.07 bits per heavy atom. The van der Waals surface area contributed by atoms with Crippen molar-refractivity contribution in [3.63, 3.8) is 0 Å². The molecule has 0 amide bonds. The van der Waals surface area contributed by atoms with Gasteiger partial charge in [0.05, 0.1) is 0 Å². The predicted octanol–water partition coefficient (Wildman–Crippen LogP) is 8.60. The van der Waals surface area contributed by atoms with Crippen molar-refractivity contribution < 1.29 is 17.1 Å². The molecule has 1 aromatic heterocycles. The number of nitrogens with zero attached hydrogens (tertiary/aromatic N) is 5. The monoisotopic (exact) mass is 592 g/mol. The zero-order valence-electron chi connectivity index (χ0n) is 25.7. The summed E-state index contributed by atoms with van der Waals surface area (Å²) in [5.41, 5.74) is 7.98. The van der Waals surface area contributed by atoms with Crippen molar-refractivity contribution in [2.24, 2.45) is 0 Å². The van der Waals surface area contributed by atoms with Gasteiger partial charge in [0, 0.05) is 11.4 Å². The molecular weight excluding hydrogens is 546 g/mol. The van der Waals surface area contributed by atoms with Crippen LogP contribution in [0.25, 0.3) is 0 Å². The molecule has 0 bridgehead atoms. The quantitative estimate of drug-likeness (QED) is 0.193. The second kappa shape index (κ2) is 12.8. The molecule has 0 N–H and O–H groups in total. The van der Waals surface area contributed by atoms with Crippen LogP contribution < -0.4 is 19.6 Å². The van der Waals surface area contributed by atoms with Crippen molar-refractivity contribution in [2.45, 2.75) is 79.1 Å². The third-order valence-electron chi connectivity index (χ3n) is 7.72. The summed E-state index contributed by atoms with van der Waals surface area (Å²) >= 11 is 0. The number of anilines is 4. The van der Waals surface area contributed by atoms with Gasteiger partial charge in [0.2, 0.25) is 0 Å². The summed E-state index contributed by atoms with van der Waals surface area (Å²) < 4.78 is 0. The third kappa shape index (κ3) is 6.19. The summed E-state index contributed by atoms with van der Waals surface area (Å²) in [7, 11) is 0. The van der Waals surface area contributed by atoms with Crippen LogP contribution in [0.2, 0.25) is 0 Å². The van der Waals surface area contributed by atoms with E-state index in [0.717, 1.165) is 11.6 Å². The zero-order chi connectivity index (χ0) is 28.6. The average molecular weight is 593 g/mol. The molecule has 41 heavy (non-hydrogen) atoms. The van der Waals surface area contributed by atoms with Crippen LogP contribution >= 0.6 is 0 Å². The molecule has 6 heteroatoms. The Labute approximate surface area is 258 Å². The van der Waals surface area contributed by atoms with E-state index in [0.29, 0.717) is 23.7 Å². The van der Waals surface area contributed by atoms with Crippen LogP contribution in [0.1, 0.15) is 101 Å². The average Bonchev–Trinajstić information content (AvgIpc) is 3.63. The van der Waals surface area contributed by atoms with Crippen LogP contribution in [0.15, 0.2) is 79.4 Å². The number of pyridine rings is 1. The molecule has 2 aliphatic rings. The van der Waals surface area contributed by atoms with Crippen LogP contribution in [0.4, 0.5) is 23.0 Å². The van der Waals surface area contributed by atoms with Crippen LogP contribution in [0.5, 0.6) is 0 Å². The van der Waals surface area contributed by atoms with Gasteiger partial charge in [-0.05, 0) is 82.9 Å². The van der Waals surface area contributed by atoms with E-state index in [1.807, 2.05) is 0 Å². The summed E-state index contributed by atoms with van der Waals surface area (Å²) in [6.45, 7) is 22.4. The van der Waals surface area contributed by atoms with Crippen molar-refractivity contribution in [1.29, 1.82) is 0 Å². The standard InChI is InChI=1S/C35H43N5.Fe.3H/c1-24(2)28-12-9-13-29(25(3)4)34(28)39-20-18-37(22-39)32-16-11-17-33(36-32)38-19-21-40(23-38)35-30(26(5)6)14-10-15-31(35)27(7)8;;;;/h9-27H,1-8H3;;;;/q-2;;;;. The Morgan fingerprint density at radius 1 is 0.463 bits per heavy atom. The number of benzene rings is 2. The minimum absolute atomic E-state index is 0. The zero-order valence-corrected chi connectivity index (χ0v) is 27.0. The van der Waals surface area contributed by atoms with Gasteiger partial charge < -0.3 is 19.6 Å². The number of hydrogen-bond donors (Lipinski definition) is 0. The molecule has 3 heterocycles. The molecule has 5 rings (SSSR count). The van der Waals surface area contributed by atoms with E-state index >= 15 is 0 Å². The first kappa shape index (κ1) is 30.7. The summed E-state index contributed by atoms with van der Waals surface area (Å²) in [6.07, 6.45) is 8.47. The van der Waals surface area contributed by atoms with Crippen molar-refractivity contribution >= 4 is 23.0 Å². The van der Waals surface area contributed by atoms with E-state index in [-0.39, 0.29) is 17.1 Å². The van der Waals surface area contributed by atoms with Gasteiger partial charge in [0.1, 0.15) is 11.6 Å². The van der Waals surface area contributed by atoms with E-state index in [4.69, 9.17) is 4.98 Å². The first-order valence-corrected chi connectivity index (χ1v) is 14.6. The van der Waals surface area contributed by atoms with Crippen molar-refractivity contribution in [3.8, 4) is 0 Å². The molecule has 0 aliphatic carbocycles. The topological polar surface area (TPSA) is 25.9 Å². The number of hydrogen-bond acceptors (Lipinski definition) is 5. The first-order chi connectivity index (χ1) is 19.2. The van der Waals surface area contributed by atoms with Gasteiger partial charge in [-0.2, -0.15) is 0 Å². The molecule has 2 aliphatic heterocycles. The SMILES string of the molecule is CC(C)c1cccc(C(C)C)c1N1C=CN(c2cccc(N3C=CN(c4c(C(C)C)cccc4C(C)C)[CH-]3)n2)[CH-]1.[FeH3]. The molecule has 0 saturated carbocycles.